The van der Waals surface area contributed by atoms with Gasteiger partial charge in [-0.25, -0.2) is 0 Å². The SMILES string of the molecule is CCCCC(CC)CC(C=O)(CC)CC(CC)CCCC.OCCOCCOCCO. The lowest BCUT2D eigenvalue weighted by Crippen LogP contribution is -2.28. The molecule has 0 heterocycles. The van der Waals surface area contributed by atoms with Crippen LogP contribution in [-0.2, 0) is 14.3 Å². The summed E-state index contributed by atoms with van der Waals surface area (Å²) in [5.41, 5.74) is -0.0527. The summed E-state index contributed by atoms with van der Waals surface area (Å²) in [5, 5.41) is 16.5. The van der Waals surface area contributed by atoms with Gasteiger partial charge in [0.05, 0.1) is 39.6 Å². The highest BCUT2D eigenvalue weighted by atomic mass is 16.5. The first-order valence-electron chi connectivity index (χ1n) is 12.9. The molecule has 188 valence electrons. The van der Waals surface area contributed by atoms with E-state index in [4.69, 9.17) is 19.7 Å². The Bertz CT molecular complexity index is 336. The van der Waals surface area contributed by atoms with Crippen LogP contribution in [0.15, 0.2) is 0 Å². The zero-order valence-corrected chi connectivity index (χ0v) is 21.4. The molecule has 5 heteroatoms. The van der Waals surface area contributed by atoms with Gasteiger partial charge in [-0.15, -0.1) is 0 Å². The van der Waals surface area contributed by atoms with E-state index in [0.29, 0.717) is 26.4 Å². The van der Waals surface area contributed by atoms with E-state index >= 15 is 0 Å². The Morgan fingerprint density at radius 1 is 0.742 bits per heavy atom. The van der Waals surface area contributed by atoms with Gasteiger partial charge in [-0.2, -0.15) is 0 Å². The van der Waals surface area contributed by atoms with Crippen LogP contribution >= 0.6 is 0 Å². The van der Waals surface area contributed by atoms with E-state index in [1.54, 1.807) is 0 Å². The van der Waals surface area contributed by atoms with Gasteiger partial charge in [0.25, 0.3) is 0 Å². The van der Waals surface area contributed by atoms with Crippen molar-refractivity contribution in [2.75, 3.05) is 39.6 Å². The molecule has 0 aromatic heterocycles. The van der Waals surface area contributed by atoms with Crippen molar-refractivity contribution >= 4 is 6.29 Å². The van der Waals surface area contributed by atoms with Crippen molar-refractivity contribution < 1.29 is 24.5 Å². The summed E-state index contributed by atoms with van der Waals surface area (Å²) in [5.74, 6) is 1.47. The predicted octanol–water partition coefficient (Wildman–Crippen LogP) is 5.80. The van der Waals surface area contributed by atoms with E-state index in [2.05, 4.69) is 34.6 Å². The van der Waals surface area contributed by atoms with E-state index < -0.39 is 0 Å². The number of hydrogen-bond acceptors (Lipinski definition) is 5. The second kappa shape index (κ2) is 24.2. The Kier molecular flexibility index (Phi) is 25.5. The zero-order chi connectivity index (χ0) is 23.8. The van der Waals surface area contributed by atoms with E-state index in [-0.39, 0.29) is 18.6 Å². The first-order valence-corrected chi connectivity index (χ1v) is 12.9. The van der Waals surface area contributed by atoms with Crippen LogP contribution in [0.5, 0.6) is 0 Å². The molecule has 2 N–H and O–H groups in total. The smallest absolute Gasteiger partial charge is 0.126 e. The van der Waals surface area contributed by atoms with Crippen LogP contribution in [0.2, 0.25) is 0 Å². The van der Waals surface area contributed by atoms with Crippen molar-refractivity contribution in [3.05, 3.63) is 0 Å². The quantitative estimate of drug-likeness (QED) is 0.172. The van der Waals surface area contributed by atoms with Crippen molar-refractivity contribution in [2.24, 2.45) is 17.3 Å². The molecule has 0 aromatic carbocycles. The van der Waals surface area contributed by atoms with E-state index in [9.17, 15) is 4.79 Å². The average Bonchev–Trinajstić information content (AvgIpc) is 2.81. The molecule has 0 amide bonds. The number of aliphatic hydroxyl groups excluding tert-OH is 2. The first kappa shape index (κ1) is 32.7. The summed E-state index contributed by atoms with van der Waals surface area (Å²) in [6, 6.07) is 0. The maximum atomic E-state index is 11.9. The fourth-order valence-electron chi connectivity index (χ4n) is 4.04. The molecule has 0 spiro atoms. The maximum Gasteiger partial charge on any atom is 0.126 e. The number of ether oxygens (including phenoxy) is 2. The number of carbonyl (C=O) groups is 1. The number of carbonyl (C=O) groups excluding carboxylic acids is 1. The highest BCUT2D eigenvalue weighted by Crippen LogP contribution is 2.39. The maximum absolute atomic E-state index is 11.9. The molecular formula is C26H54O5. The molecule has 2 atom stereocenters. The Labute approximate surface area is 193 Å². The summed E-state index contributed by atoms with van der Waals surface area (Å²) in [6.45, 7) is 13.0. The van der Waals surface area contributed by atoms with Gasteiger partial charge in [-0.1, -0.05) is 86.0 Å². The largest absolute Gasteiger partial charge is 0.394 e. The third-order valence-corrected chi connectivity index (χ3v) is 6.27. The molecule has 5 nitrogen and oxygen atoms in total. The van der Waals surface area contributed by atoms with Crippen molar-refractivity contribution in [1.82, 2.24) is 0 Å². The van der Waals surface area contributed by atoms with Gasteiger partial charge in [0.1, 0.15) is 6.29 Å². The number of unbranched alkanes of at least 4 members (excludes halogenated alkanes) is 2. The summed E-state index contributed by atoms with van der Waals surface area (Å²) in [6.07, 6.45) is 14.8. The van der Waals surface area contributed by atoms with Crippen LogP contribution in [0, 0.1) is 17.3 Å². The molecule has 0 aromatic rings. The molecule has 0 aliphatic rings. The normalized spacial score (nSPS) is 14.9. The Hall–Kier alpha value is -0.490. The minimum absolute atomic E-state index is 0.0417. The molecule has 0 aliphatic carbocycles. The highest BCUT2D eigenvalue weighted by molar-refractivity contribution is 5.59. The lowest BCUT2D eigenvalue weighted by Gasteiger charge is -2.34. The number of hydrogen-bond donors (Lipinski definition) is 2. The van der Waals surface area contributed by atoms with Crippen molar-refractivity contribution in [2.45, 2.75) is 105 Å². The molecular weight excluding hydrogens is 392 g/mol. The summed E-state index contributed by atoms with van der Waals surface area (Å²) in [4.78, 5) is 11.9. The molecule has 0 saturated heterocycles. The van der Waals surface area contributed by atoms with Gasteiger partial charge in [-0.05, 0) is 31.1 Å². The molecule has 0 aliphatic heterocycles. The fourth-order valence-corrected chi connectivity index (χ4v) is 4.04. The lowest BCUT2D eigenvalue weighted by atomic mass is 9.70. The Balaban J connectivity index is 0. The Morgan fingerprint density at radius 2 is 1.16 bits per heavy atom. The third-order valence-electron chi connectivity index (χ3n) is 6.27. The second-order valence-corrected chi connectivity index (χ2v) is 8.75. The number of aldehydes is 1. The summed E-state index contributed by atoms with van der Waals surface area (Å²) in [7, 11) is 0. The molecule has 0 fully saturated rings. The standard InChI is InChI=1S/C20H40O.C6H14O4/c1-6-11-13-18(8-3)15-20(10-5,17-21)16-19(9-4)14-12-7-2;7-1-3-9-5-6-10-4-2-8/h17-19H,6-16H2,1-5H3;7-8H,1-6H2. The van der Waals surface area contributed by atoms with Crippen molar-refractivity contribution in [1.29, 1.82) is 0 Å². The molecule has 31 heavy (non-hydrogen) atoms. The van der Waals surface area contributed by atoms with Crippen LogP contribution in [0.1, 0.15) is 105 Å². The zero-order valence-electron chi connectivity index (χ0n) is 21.4. The van der Waals surface area contributed by atoms with Crippen LogP contribution in [0.4, 0.5) is 0 Å². The molecule has 0 bridgehead atoms. The fraction of sp³-hybridized carbons (Fsp3) is 0.962. The molecule has 0 radical (unpaired) electrons. The molecule has 0 rings (SSSR count). The van der Waals surface area contributed by atoms with Gasteiger partial charge >= 0.3 is 0 Å². The minimum Gasteiger partial charge on any atom is -0.394 e. The van der Waals surface area contributed by atoms with Crippen molar-refractivity contribution in [3.63, 3.8) is 0 Å². The third kappa shape index (κ3) is 18.8. The minimum atomic E-state index is -0.0527. The average molecular weight is 447 g/mol. The monoisotopic (exact) mass is 446 g/mol. The van der Waals surface area contributed by atoms with Crippen LogP contribution in [-0.4, -0.2) is 56.1 Å². The van der Waals surface area contributed by atoms with Gasteiger partial charge < -0.3 is 24.5 Å². The number of aliphatic hydroxyl groups is 2. The van der Waals surface area contributed by atoms with Crippen LogP contribution in [0.3, 0.4) is 0 Å². The highest BCUT2D eigenvalue weighted by Gasteiger charge is 2.32. The summed E-state index contributed by atoms with van der Waals surface area (Å²) < 4.78 is 9.75. The van der Waals surface area contributed by atoms with Gasteiger partial charge in [0.2, 0.25) is 0 Å². The van der Waals surface area contributed by atoms with Gasteiger partial charge in [0.15, 0.2) is 0 Å². The van der Waals surface area contributed by atoms with Gasteiger partial charge in [0, 0.05) is 5.41 Å². The molecule has 0 saturated carbocycles. The van der Waals surface area contributed by atoms with Crippen molar-refractivity contribution in [3.8, 4) is 0 Å². The van der Waals surface area contributed by atoms with E-state index in [0.717, 1.165) is 31.1 Å². The van der Waals surface area contributed by atoms with Gasteiger partial charge in [-0.3, -0.25) is 0 Å². The second-order valence-electron chi connectivity index (χ2n) is 8.75. The predicted molar refractivity (Wildman–Crippen MR) is 130 cm³/mol. The Morgan fingerprint density at radius 3 is 1.42 bits per heavy atom. The van der Waals surface area contributed by atoms with E-state index in [1.165, 1.54) is 57.7 Å². The lowest BCUT2D eigenvalue weighted by molar-refractivity contribution is -0.118. The topological polar surface area (TPSA) is 76.0 Å². The van der Waals surface area contributed by atoms with Crippen LogP contribution in [0.25, 0.3) is 0 Å². The number of rotatable bonds is 21. The van der Waals surface area contributed by atoms with E-state index in [1.807, 2.05) is 0 Å². The van der Waals surface area contributed by atoms with Crippen LogP contribution < -0.4 is 0 Å². The first-order chi connectivity index (χ1) is 15.0. The summed E-state index contributed by atoms with van der Waals surface area (Å²) >= 11 is 0. The molecule has 2 unspecified atom stereocenters.